The van der Waals surface area contributed by atoms with Crippen LogP contribution < -0.4 is 10.6 Å². The zero-order valence-electron chi connectivity index (χ0n) is 21.6. The number of pyridine rings is 1. The number of likely N-dealkylation sites (tertiary alicyclic amines) is 1. The molecule has 0 saturated carbocycles. The van der Waals surface area contributed by atoms with E-state index in [0.29, 0.717) is 36.8 Å². The van der Waals surface area contributed by atoms with Crippen LogP contribution in [0.2, 0.25) is 0 Å². The minimum Gasteiger partial charge on any atom is -0.389 e. The van der Waals surface area contributed by atoms with Gasteiger partial charge in [-0.05, 0) is 53.0 Å². The quantitative estimate of drug-likeness (QED) is 0.393. The second-order valence-corrected chi connectivity index (χ2v) is 11.1. The van der Waals surface area contributed by atoms with Crippen LogP contribution in [0, 0.1) is 0 Å². The first kappa shape index (κ1) is 30.6. The molecule has 1 saturated heterocycles. The SMILES string of the molecule is C[C@H](Nc1cc(C(F)(F)F)c(-c2sc(C(=O)NCC(C)(C)O)nc2C(=O)N2CCCC[C@@H]2C)cn1)C(F)(F)F. The molecule has 8 nitrogen and oxygen atoms in total. The molecular formula is C24H29F6N5O3S. The summed E-state index contributed by atoms with van der Waals surface area (Å²) in [5.41, 5.74) is -3.62. The maximum absolute atomic E-state index is 14.2. The smallest absolute Gasteiger partial charge is 0.389 e. The minimum atomic E-state index is -5.04. The van der Waals surface area contributed by atoms with E-state index in [9.17, 15) is 41.0 Å². The highest BCUT2D eigenvalue weighted by molar-refractivity contribution is 7.17. The van der Waals surface area contributed by atoms with E-state index < -0.39 is 52.8 Å². The summed E-state index contributed by atoms with van der Waals surface area (Å²) in [5, 5.41) is 13.9. The Hall–Kier alpha value is -2.94. The second kappa shape index (κ2) is 11.3. The Kier molecular flexibility index (Phi) is 8.85. The normalized spacial score (nSPS) is 17.6. The standard InChI is InChI=1S/C24H29F6N5O3S/c1-12-7-5-6-8-35(12)21(37)17-18(39-20(34-17)19(36)32-11-22(3,4)38)14-10-31-16(9-15(14)24(28,29)30)33-13(2)23(25,26)27/h9-10,12-13,38H,5-8,11H2,1-4H3,(H,31,33)(H,32,36)/t12-,13-/m0/s1. The second-order valence-electron chi connectivity index (χ2n) is 10.1. The summed E-state index contributed by atoms with van der Waals surface area (Å²) < 4.78 is 81.4. The molecule has 0 unspecified atom stereocenters. The van der Waals surface area contributed by atoms with Gasteiger partial charge in [0.15, 0.2) is 5.01 Å². The first-order valence-electron chi connectivity index (χ1n) is 12.1. The summed E-state index contributed by atoms with van der Waals surface area (Å²) in [6.07, 6.45) is -6.82. The number of hydrogen-bond donors (Lipinski definition) is 3. The van der Waals surface area contributed by atoms with Crippen LogP contribution in [0.15, 0.2) is 12.3 Å². The Morgan fingerprint density at radius 3 is 2.44 bits per heavy atom. The molecule has 0 aliphatic carbocycles. The van der Waals surface area contributed by atoms with Gasteiger partial charge in [0.05, 0.1) is 16.0 Å². The van der Waals surface area contributed by atoms with Crippen molar-refractivity contribution in [2.75, 3.05) is 18.4 Å². The Morgan fingerprint density at radius 1 is 1.21 bits per heavy atom. The number of hydrogen-bond acceptors (Lipinski definition) is 7. The maximum atomic E-state index is 14.2. The number of thiazole rings is 1. The van der Waals surface area contributed by atoms with Crippen molar-refractivity contribution in [1.82, 2.24) is 20.2 Å². The topological polar surface area (TPSA) is 107 Å². The number of piperidine rings is 1. The number of carbonyl (C=O) groups is 2. The highest BCUT2D eigenvalue weighted by Crippen LogP contribution is 2.42. The fourth-order valence-corrected chi connectivity index (χ4v) is 4.90. The van der Waals surface area contributed by atoms with Crippen molar-refractivity contribution in [3.05, 3.63) is 28.5 Å². The molecule has 39 heavy (non-hydrogen) atoms. The van der Waals surface area contributed by atoms with Gasteiger partial charge in [0.1, 0.15) is 17.6 Å². The van der Waals surface area contributed by atoms with Crippen molar-refractivity contribution in [3.8, 4) is 10.4 Å². The number of aromatic nitrogens is 2. The van der Waals surface area contributed by atoms with Gasteiger partial charge in [0.25, 0.3) is 11.8 Å². The van der Waals surface area contributed by atoms with Crippen molar-refractivity contribution < 1.29 is 41.0 Å². The summed E-state index contributed by atoms with van der Waals surface area (Å²) in [4.78, 5) is 35.3. The van der Waals surface area contributed by atoms with E-state index in [0.717, 1.165) is 19.5 Å². The first-order chi connectivity index (χ1) is 17.9. The molecule has 2 aromatic rings. The summed E-state index contributed by atoms with van der Waals surface area (Å²) in [7, 11) is 0. The molecule has 0 aromatic carbocycles. The lowest BCUT2D eigenvalue weighted by molar-refractivity contribution is -0.138. The minimum absolute atomic E-state index is 0.194. The largest absolute Gasteiger partial charge is 0.417 e. The lowest BCUT2D eigenvalue weighted by Gasteiger charge is -2.33. The van der Waals surface area contributed by atoms with Gasteiger partial charge in [-0.2, -0.15) is 26.3 Å². The molecule has 2 atom stereocenters. The monoisotopic (exact) mass is 581 g/mol. The fourth-order valence-electron chi connectivity index (χ4n) is 3.91. The maximum Gasteiger partial charge on any atom is 0.417 e. The highest BCUT2D eigenvalue weighted by Gasteiger charge is 2.40. The van der Waals surface area contributed by atoms with Crippen molar-refractivity contribution in [3.63, 3.8) is 0 Å². The van der Waals surface area contributed by atoms with Gasteiger partial charge in [-0.15, -0.1) is 11.3 Å². The number of nitrogens with zero attached hydrogens (tertiary/aromatic N) is 3. The summed E-state index contributed by atoms with van der Waals surface area (Å²) in [6, 6.07) is -1.96. The number of anilines is 1. The molecule has 3 heterocycles. The molecule has 1 fully saturated rings. The van der Waals surface area contributed by atoms with Gasteiger partial charge in [0, 0.05) is 30.9 Å². The van der Waals surface area contributed by atoms with E-state index in [1.807, 2.05) is 5.32 Å². The average molecular weight is 582 g/mol. The molecule has 2 aromatic heterocycles. The van der Waals surface area contributed by atoms with Crippen LogP contribution in [-0.2, 0) is 6.18 Å². The van der Waals surface area contributed by atoms with Gasteiger partial charge in [-0.3, -0.25) is 9.59 Å². The van der Waals surface area contributed by atoms with E-state index in [4.69, 9.17) is 0 Å². The number of carbonyl (C=O) groups excluding carboxylic acids is 2. The van der Waals surface area contributed by atoms with Gasteiger partial charge >= 0.3 is 12.4 Å². The van der Waals surface area contributed by atoms with Crippen molar-refractivity contribution in [1.29, 1.82) is 0 Å². The van der Waals surface area contributed by atoms with Crippen LogP contribution in [0.4, 0.5) is 32.2 Å². The van der Waals surface area contributed by atoms with Crippen molar-refractivity contribution in [2.24, 2.45) is 0 Å². The zero-order chi connectivity index (χ0) is 29.3. The van der Waals surface area contributed by atoms with Crippen LogP contribution in [0.25, 0.3) is 10.4 Å². The Labute approximate surface area is 224 Å². The summed E-state index contributed by atoms with van der Waals surface area (Å²) in [5.74, 6) is -2.15. The molecule has 0 spiro atoms. The number of nitrogens with one attached hydrogen (secondary N) is 2. The summed E-state index contributed by atoms with van der Waals surface area (Å²) >= 11 is 0.526. The summed E-state index contributed by atoms with van der Waals surface area (Å²) in [6.45, 7) is 5.56. The lowest BCUT2D eigenvalue weighted by Crippen LogP contribution is -2.42. The third-order valence-corrected chi connectivity index (χ3v) is 7.17. The number of halogens is 6. The van der Waals surface area contributed by atoms with Crippen LogP contribution in [-0.4, -0.2) is 68.7 Å². The van der Waals surface area contributed by atoms with E-state index in [-0.39, 0.29) is 28.2 Å². The van der Waals surface area contributed by atoms with E-state index in [1.165, 1.54) is 18.7 Å². The van der Waals surface area contributed by atoms with Gasteiger partial charge in [-0.25, -0.2) is 9.97 Å². The predicted octanol–water partition coefficient (Wildman–Crippen LogP) is 5.10. The van der Waals surface area contributed by atoms with Gasteiger partial charge in [-0.1, -0.05) is 0 Å². The average Bonchev–Trinajstić information content (AvgIpc) is 3.26. The molecule has 0 bridgehead atoms. The molecule has 2 amide bonds. The Bertz CT molecular complexity index is 1210. The molecule has 1 aliphatic heterocycles. The molecule has 1 aliphatic rings. The molecule has 0 radical (unpaired) electrons. The molecular weight excluding hydrogens is 552 g/mol. The number of amides is 2. The van der Waals surface area contributed by atoms with Crippen LogP contribution in [0.3, 0.4) is 0 Å². The highest BCUT2D eigenvalue weighted by atomic mass is 32.1. The van der Waals surface area contributed by atoms with Crippen molar-refractivity contribution in [2.45, 2.75) is 77.0 Å². The van der Waals surface area contributed by atoms with E-state index >= 15 is 0 Å². The third kappa shape index (κ3) is 7.59. The molecule has 216 valence electrons. The number of rotatable bonds is 7. The van der Waals surface area contributed by atoms with E-state index in [2.05, 4.69) is 15.3 Å². The Balaban J connectivity index is 2.13. The Morgan fingerprint density at radius 2 is 1.87 bits per heavy atom. The molecule has 3 N–H and O–H groups in total. The van der Waals surface area contributed by atoms with Gasteiger partial charge < -0.3 is 20.6 Å². The third-order valence-electron chi connectivity index (χ3n) is 6.08. The molecule has 15 heteroatoms. The fraction of sp³-hybridized carbons (Fsp3) is 0.583. The van der Waals surface area contributed by atoms with Gasteiger partial charge in [0.2, 0.25) is 0 Å². The lowest BCUT2D eigenvalue weighted by atomic mass is 10.0. The first-order valence-corrected chi connectivity index (χ1v) is 12.9. The predicted molar refractivity (Wildman–Crippen MR) is 132 cm³/mol. The zero-order valence-corrected chi connectivity index (χ0v) is 22.4. The van der Waals surface area contributed by atoms with Crippen molar-refractivity contribution >= 4 is 29.0 Å². The number of aliphatic hydroxyl groups is 1. The molecule has 3 rings (SSSR count). The number of alkyl halides is 6. The van der Waals surface area contributed by atoms with Crippen LogP contribution in [0.5, 0.6) is 0 Å². The van der Waals surface area contributed by atoms with E-state index in [1.54, 1.807) is 6.92 Å². The van der Waals surface area contributed by atoms with Crippen LogP contribution in [0.1, 0.15) is 72.8 Å². The van der Waals surface area contributed by atoms with Crippen LogP contribution >= 0.6 is 11.3 Å².